The average Bonchev–Trinajstić information content (AvgIpc) is 2.46. The van der Waals surface area contributed by atoms with E-state index in [0.29, 0.717) is 6.54 Å². The van der Waals surface area contributed by atoms with Crippen molar-refractivity contribution >= 4 is 6.09 Å². The quantitative estimate of drug-likeness (QED) is 0.733. The maximum atomic E-state index is 11.0. The summed E-state index contributed by atoms with van der Waals surface area (Å²) in [6, 6.07) is 0. The molecule has 4 heteroatoms. The summed E-state index contributed by atoms with van der Waals surface area (Å²) < 4.78 is 5.43. The van der Waals surface area contributed by atoms with Crippen LogP contribution in [-0.2, 0) is 4.74 Å². The van der Waals surface area contributed by atoms with Crippen molar-refractivity contribution in [2.24, 2.45) is 22.8 Å². The molecule has 1 fully saturated rings. The molecule has 0 saturated heterocycles. The smallest absolute Gasteiger partial charge is 0.405 e. The molecule has 4 N–H and O–H groups in total. The second kappa shape index (κ2) is 4.00. The Morgan fingerprint density at radius 2 is 2.13 bits per heavy atom. The fourth-order valence-electron chi connectivity index (χ4n) is 2.81. The number of amides is 1. The molecular weight excluding hydrogens is 192 g/mol. The predicted octanol–water partition coefficient (Wildman–Crippen LogP) is 1.63. The van der Waals surface area contributed by atoms with Gasteiger partial charge in [-0.25, -0.2) is 4.79 Å². The normalized spacial score (nSPS) is 31.6. The molecule has 0 aliphatic heterocycles. The average molecular weight is 214 g/mol. The Balaban J connectivity index is 3.00. The molecule has 15 heavy (non-hydrogen) atoms. The molecule has 0 aromatic heterocycles. The van der Waals surface area contributed by atoms with E-state index >= 15 is 0 Å². The van der Waals surface area contributed by atoms with Gasteiger partial charge in [0, 0.05) is 11.3 Å². The molecule has 88 valence electrons. The first-order valence-corrected chi connectivity index (χ1v) is 5.52. The van der Waals surface area contributed by atoms with E-state index in [9.17, 15) is 4.79 Å². The summed E-state index contributed by atoms with van der Waals surface area (Å²) in [6.07, 6.45) is 2.24. The van der Waals surface area contributed by atoms with Crippen LogP contribution >= 0.6 is 0 Å². The summed E-state index contributed by atoms with van der Waals surface area (Å²) in [5.41, 5.74) is 10.3. The minimum Gasteiger partial charge on any atom is -0.442 e. The number of hydrogen-bond donors (Lipinski definition) is 2. The minimum atomic E-state index is -0.690. The Morgan fingerprint density at radius 1 is 1.53 bits per heavy atom. The van der Waals surface area contributed by atoms with Gasteiger partial charge in [0.25, 0.3) is 0 Å². The van der Waals surface area contributed by atoms with Crippen LogP contribution in [0.3, 0.4) is 0 Å². The van der Waals surface area contributed by atoms with E-state index < -0.39 is 11.7 Å². The first kappa shape index (κ1) is 12.3. The van der Waals surface area contributed by atoms with E-state index in [1.165, 1.54) is 0 Å². The standard InChI is InChI=1S/C11H22N2O2/c1-10(2,3)11(15-9(13)14)6-4-5-8(11)7-12/h8H,4-7,12H2,1-3H3,(H2,13,14)/t8-,11-/m0/s1. The molecule has 0 unspecified atom stereocenters. The van der Waals surface area contributed by atoms with Gasteiger partial charge < -0.3 is 16.2 Å². The summed E-state index contributed by atoms with van der Waals surface area (Å²) in [4.78, 5) is 11.0. The highest BCUT2D eigenvalue weighted by Gasteiger charge is 2.53. The maximum absolute atomic E-state index is 11.0. The monoisotopic (exact) mass is 214 g/mol. The summed E-state index contributed by atoms with van der Waals surface area (Å²) >= 11 is 0. The van der Waals surface area contributed by atoms with E-state index in [-0.39, 0.29) is 11.3 Å². The molecular formula is C11H22N2O2. The van der Waals surface area contributed by atoms with E-state index in [1.54, 1.807) is 0 Å². The zero-order valence-electron chi connectivity index (χ0n) is 9.88. The first-order valence-electron chi connectivity index (χ1n) is 5.52. The number of carbonyl (C=O) groups excluding carboxylic acids is 1. The molecule has 1 rings (SSSR count). The van der Waals surface area contributed by atoms with E-state index in [4.69, 9.17) is 16.2 Å². The van der Waals surface area contributed by atoms with Crippen molar-refractivity contribution in [3.8, 4) is 0 Å². The van der Waals surface area contributed by atoms with Crippen LogP contribution in [0.15, 0.2) is 0 Å². The molecule has 2 atom stereocenters. The molecule has 0 bridgehead atoms. The van der Waals surface area contributed by atoms with Gasteiger partial charge in [0.2, 0.25) is 0 Å². The van der Waals surface area contributed by atoms with Crippen molar-refractivity contribution in [3.63, 3.8) is 0 Å². The zero-order chi connectivity index (χ0) is 11.7. The van der Waals surface area contributed by atoms with Crippen molar-refractivity contribution in [3.05, 3.63) is 0 Å². The van der Waals surface area contributed by atoms with E-state index in [0.717, 1.165) is 19.3 Å². The number of hydrogen-bond acceptors (Lipinski definition) is 3. The van der Waals surface area contributed by atoms with Crippen molar-refractivity contribution in [1.82, 2.24) is 0 Å². The topological polar surface area (TPSA) is 78.3 Å². The molecule has 1 amide bonds. The second-order valence-electron chi connectivity index (χ2n) is 5.39. The second-order valence-corrected chi connectivity index (χ2v) is 5.39. The summed E-state index contributed by atoms with van der Waals surface area (Å²) in [5, 5.41) is 0. The highest BCUT2D eigenvalue weighted by molar-refractivity contribution is 5.65. The van der Waals surface area contributed by atoms with Crippen LogP contribution in [0.4, 0.5) is 4.79 Å². The van der Waals surface area contributed by atoms with Crippen LogP contribution in [0.1, 0.15) is 40.0 Å². The Bertz CT molecular complexity index is 247. The third kappa shape index (κ3) is 2.09. The Kier molecular flexibility index (Phi) is 3.28. The molecule has 0 aromatic carbocycles. The van der Waals surface area contributed by atoms with Crippen molar-refractivity contribution in [1.29, 1.82) is 0 Å². The van der Waals surface area contributed by atoms with E-state index in [2.05, 4.69) is 20.8 Å². The number of ether oxygens (including phenoxy) is 1. The Morgan fingerprint density at radius 3 is 2.53 bits per heavy atom. The van der Waals surface area contributed by atoms with Crippen LogP contribution < -0.4 is 11.5 Å². The van der Waals surface area contributed by atoms with Crippen LogP contribution in [-0.4, -0.2) is 18.2 Å². The number of nitrogens with two attached hydrogens (primary N) is 2. The predicted molar refractivity (Wildman–Crippen MR) is 59.2 cm³/mol. The maximum Gasteiger partial charge on any atom is 0.405 e. The molecule has 1 aliphatic carbocycles. The van der Waals surface area contributed by atoms with Crippen LogP contribution in [0, 0.1) is 11.3 Å². The molecule has 1 saturated carbocycles. The van der Waals surface area contributed by atoms with Gasteiger partial charge in [-0.1, -0.05) is 20.8 Å². The highest BCUT2D eigenvalue weighted by Crippen LogP contribution is 2.49. The van der Waals surface area contributed by atoms with Crippen molar-refractivity contribution in [2.75, 3.05) is 6.54 Å². The lowest BCUT2D eigenvalue weighted by Crippen LogP contribution is -2.52. The van der Waals surface area contributed by atoms with Crippen molar-refractivity contribution < 1.29 is 9.53 Å². The molecule has 1 aliphatic rings. The molecule has 0 radical (unpaired) electrons. The lowest BCUT2D eigenvalue weighted by molar-refractivity contribution is -0.0896. The third-order valence-corrected chi connectivity index (χ3v) is 3.60. The largest absolute Gasteiger partial charge is 0.442 e. The number of primary amides is 1. The van der Waals surface area contributed by atoms with Gasteiger partial charge in [-0.2, -0.15) is 0 Å². The van der Waals surface area contributed by atoms with Gasteiger partial charge in [0.05, 0.1) is 0 Å². The molecule has 4 nitrogen and oxygen atoms in total. The SMILES string of the molecule is CC(C)(C)[C@]1(OC(N)=O)CCC[C@H]1CN. The minimum absolute atomic E-state index is 0.122. The lowest BCUT2D eigenvalue weighted by atomic mass is 9.70. The van der Waals surface area contributed by atoms with Crippen molar-refractivity contribution in [2.45, 2.75) is 45.6 Å². The van der Waals surface area contributed by atoms with Gasteiger partial charge in [0.1, 0.15) is 5.60 Å². The summed E-state index contributed by atoms with van der Waals surface area (Å²) in [6.45, 7) is 6.77. The number of rotatable bonds is 2. The van der Waals surface area contributed by atoms with Crippen LogP contribution in [0.2, 0.25) is 0 Å². The summed E-state index contributed by atoms with van der Waals surface area (Å²) in [5.74, 6) is 0.227. The number of carbonyl (C=O) groups is 1. The fraction of sp³-hybridized carbons (Fsp3) is 0.909. The zero-order valence-corrected chi connectivity index (χ0v) is 9.88. The Labute approximate surface area is 91.3 Å². The van der Waals surface area contributed by atoms with Gasteiger partial charge in [-0.15, -0.1) is 0 Å². The van der Waals surface area contributed by atoms with Crippen LogP contribution in [0.5, 0.6) is 0 Å². The molecule has 0 aromatic rings. The van der Waals surface area contributed by atoms with Crippen LogP contribution in [0.25, 0.3) is 0 Å². The molecule has 0 spiro atoms. The molecule has 0 heterocycles. The lowest BCUT2D eigenvalue weighted by Gasteiger charge is -2.44. The third-order valence-electron chi connectivity index (χ3n) is 3.60. The van der Waals surface area contributed by atoms with Gasteiger partial charge in [-0.3, -0.25) is 0 Å². The first-order chi connectivity index (χ1) is 6.83. The Hall–Kier alpha value is -0.770. The van der Waals surface area contributed by atoms with Gasteiger partial charge in [0.15, 0.2) is 0 Å². The highest BCUT2D eigenvalue weighted by atomic mass is 16.6. The fourth-order valence-corrected chi connectivity index (χ4v) is 2.81. The van der Waals surface area contributed by atoms with Gasteiger partial charge in [-0.05, 0) is 25.8 Å². The van der Waals surface area contributed by atoms with E-state index in [1.807, 2.05) is 0 Å². The van der Waals surface area contributed by atoms with Gasteiger partial charge >= 0.3 is 6.09 Å². The summed E-state index contributed by atoms with van der Waals surface area (Å²) in [7, 11) is 0.